The molecule has 1 unspecified atom stereocenters. The molecular formula is C17H15ClF3N3O2S. The zero-order chi connectivity index (χ0) is 19.6. The van der Waals surface area contributed by atoms with Crippen LogP contribution in [0.25, 0.3) is 0 Å². The molecule has 144 valence electrons. The van der Waals surface area contributed by atoms with Gasteiger partial charge >= 0.3 is 6.18 Å². The van der Waals surface area contributed by atoms with Crippen molar-refractivity contribution in [3.05, 3.63) is 46.4 Å². The highest BCUT2D eigenvalue weighted by Gasteiger charge is 2.55. The smallest absolute Gasteiger partial charge is 0.339 e. The van der Waals surface area contributed by atoms with Crippen molar-refractivity contribution in [2.75, 3.05) is 11.6 Å². The van der Waals surface area contributed by atoms with Gasteiger partial charge in [-0.2, -0.15) is 18.2 Å². The molecule has 1 aromatic carbocycles. The van der Waals surface area contributed by atoms with Crippen LogP contribution in [0.15, 0.2) is 24.4 Å². The van der Waals surface area contributed by atoms with E-state index < -0.39 is 32.6 Å². The van der Waals surface area contributed by atoms with Crippen molar-refractivity contribution in [1.82, 2.24) is 9.97 Å². The molecule has 2 aliphatic rings. The standard InChI is InChI=1S/C17H15ClF3N3O2S/c1-27(25,26)12-7-16(5-6-16)9-3-2-4-11(13(9)12)23-14-10(17(19,20)21)8-22-15(18)24-14/h2-4,8,12H,5-7H2,1H3,(H,22,23,24). The third-order valence-corrected chi connectivity index (χ3v) is 6.88. The first kappa shape index (κ1) is 18.5. The van der Waals surface area contributed by atoms with E-state index >= 15 is 0 Å². The molecule has 0 radical (unpaired) electrons. The van der Waals surface area contributed by atoms with Gasteiger partial charge < -0.3 is 5.32 Å². The molecule has 2 aromatic rings. The van der Waals surface area contributed by atoms with E-state index in [9.17, 15) is 21.6 Å². The lowest BCUT2D eigenvalue weighted by atomic mass is 9.98. The second-order valence-electron chi connectivity index (χ2n) is 7.09. The predicted molar refractivity (Wildman–Crippen MR) is 94.9 cm³/mol. The summed E-state index contributed by atoms with van der Waals surface area (Å²) in [6.07, 6.45) is -0.708. The first-order valence-corrected chi connectivity index (χ1v) is 10.5. The molecule has 5 nitrogen and oxygen atoms in total. The Morgan fingerprint density at radius 3 is 2.59 bits per heavy atom. The zero-order valence-electron chi connectivity index (χ0n) is 14.1. The number of hydrogen-bond donors (Lipinski definition) is 1. The molecule has 1 N–H and O–H groups in total. The Bertz CT molecular complexity index is 1040. The summed E-state index contributed by atoms with van der Waals surface area (Å²) in [5, 5.41) is 1.57. The Labute approximate surface area is 158 Å². The van der Waals surface area contributed by atoms with Crippen LogP contribution >= 0.6 is 11.6 Å². The predicted octanol–water partition coefficient (Wildman–Crippen LogP) is 4.41. The van der Waals surface area contributed by atoms with E-state index in [4.69, 9.17) is 11.6 Å². The van der Waals surface area contributed by atoms with Crippen molar-refractivity contribution < 1.29 is 21.6 Å². The van der Waals surface area contributed by atoms with E-state index in [1.165, 1.54) is 0 Å². The Morgan fingerprint density at radius 1 is 1.30 bits per heavy atom. The number of nitrogens with zero attached hydrogens (tertiary/aromatic N) is 2. The van der Waals surface area contributed by atoms with Gasteiger partial charge in [-0.3, -0.25) is 0 Å². The number of rotatable bonds is 3. The van der Waals surface area contributed by atoms with Crippen LogP contribution < -0.4 is 5.32 Å². The van der Waals surface area contributed by atoms with Gasteiger partial charge in [0.05, 0.1) is 5.25 Å². The first-order valence-electron chi connectivity index (χ1n) is 8.20. The number of alkyl halides is 3. The summed E-state index contributed by atoms with van der Waals surface area (Å²) in [5.41, 5.74) is 0.459. The molecule has 1 fully saturated rings. The van der Waals surface area contributed by atoms with Gasteiger partial charge in [-0.1, -0.05) is 12.1 Å². The molecule has 1 aromatic heterocycles. The summed E-state index contributed by atoms with van der Waals surface area (Å²) in [4.78, 5) is 7.08. The normalized spacial score (nSPS) is 20.6. The maximum absolute atomic E-state index is 13.3. The summed E-state index contributed by atoms with van der Waals surface area (Å²) < 4.78 is 64.6. The number of anilines is 2. The van der Waals surface area contributed by atoms with Crippen molar-refractivity contribution in [2.24, 2.45) is 0 Å². The number of halogens is 4. The van der Waals surface area contributed by atoms with E-state index in [0.29, 0.717) is 23.9 Å². The van der Waals surface area contributed by atoms with Crippen molar-refractivity contribution in [2.45, 2.75) is 36.1 Å². The second-order valence-corrected chi connectivity index (χ2v) is 9.66. The Morgan fingerprint density at radius 2 is 2.00 bits per heavy atom. The third kappa shape index (κ3) is 3.16. The highest BCUT2D eigenvalue weighted by Crippen LogP contribution is 2.63. The molecule has 4 rings (SSSR count). The topological polar surface area (TPSA) is 72.0 Å². The summed E-state index contributed by atoms with van der Waals surface area (Å²) in [6.45, 7) is 0. The maximum atomic E-state index is 13.3. The Hall–Kier alpha value is -1.87. The molecule has 0 bridgehead atoms. The van der Waals surface area contributed by atoms with Gasteiger partial charge in [0, 0.05) is 18.1 Å². The molecule has 1 saturated carbocycles. The van der Waals surface area contributed by atoms with Gasteiger partial charge in [-0.25, -0.2) is 13.4 Å². The molecule has 1 atom stereocenters. The Balaban J connectivity index is 1.85. The minimum absolute atomic E-state index is 0.184. The number of aromatic nitrogens is 2. The van der Waals surface area contributed by atoms with Gasteiger partial charge in [-0.05, 0) is 53.5 Å². The lowest BCUT2D eigenvalue weighted by Crippen LogP contribution is -2.14. The van der Waals surface area contributed by atoms with Crippen LogP contribution in [0.4, 0.5) is 24.7 Å². The van der Waals surface area contributed by atoms with Crippen LogP contribution in [0.2, 0.25) is 5.28 Å². The van der Waals surface area contributed by atoms with E-state index in [1.54, 1.807) is 12.1 Å². The lowest BCUT2D eigenvalue weighted by molar-refractivity contribution is -0.137. The fourth-order valence-corrected chi connectivity index (χ4v) is 5.27. The van der Waals surface area contributed by atoms with Crippen molar-refractivity contribution >= 4 is 32.9 Å². The van der Waals surface area contributed by atoms with Crippen molar-refractivity contribution in [3.63, 3.8) is 0 Å². The quantitative estimate of drug-likeness (QED) is 0.749. The summed E-state index contributed by atoms with van der Waals surface area (Å²) in [5.74, 6) is -0.500. The number of hydrogen-bond acceptors (Lipinski definition) is 5. The fraction of sp³-hybridized carbons (Fsp3) is 0.412. The zero-order valence-corrected chi connectivity index (χ0v) is 15.7. The van der Waals surface area contributed by atoms with E-state index in [1.807, 2.05) is 6.07 Å². The molecule has 1 spiro atoms. The molecule has 1 heterocycles. The van der Waals surface area contributed by atoms with Gasteiger partial charge in [0.1, 0.15) is 11.4 Å². The van der Waals surface area contributed by atoms with E-state index in [-0.39, 0.29) is 10.7 Å². The Kier molecular flexibility index (Phi) is 3.98. The third-order valence-electron chi connectivity index (χ3n) is 5.26. The second kappa shape index (κ2) is 5.81. The van der Waals surface area contributed by atoms with E-state index in [0.717, 1.165) is 24.7 Å². The van der Waals surface area contributed by atoms with Gasteiger partial charge in [0.15, 0.2) is 9.84 Å². The minimum Gasteiger partial charge on any atom is -0.339 e. The molecule has 2 aliphatic carbocycles. The van der Waals surface area contributed by atoms with Crippen molar-refractivity contribution in [3.8, 4) is 0 Å². The van der Waals surface area contributed by atoms with Crippen LogP contribution in [0.1, 0.15) is 41.2 Å². The largest absolute Gasteiger partial charge is 0.421 e. The highest BCUT2D eigenvalue weighted by molar-refractivity contribution is 7.91. The fourth-order valence-electron chi connectivity index (χ4n) is 3.83. The summed E-state index contributed by atoms with van der Waals surface area (Å²) in [7, 11) is -3.43. The molecule has 0 amide bonds. The average Bonchev–Trinajstić information content (AvgIpc) is 3.22. The molecule has 0 saturated heterocycles. The van der Waals surface area contributed by atoms with Crippen LogP contribution in [-0.4, -0.2) is 24.6 Å². The van der Waals surface area contributed by atoms with Gasteiger partial charge in [-0.15, -0.1) is 0 Å². The molecule has 10 heteroatoms. The average molecular weight is 418 g/mol. The SMILES string of the molecule is CS(=O)(=O)C1CC2(CC2)c2cccc(Nc3nc(Cl)ncc3C(F)(F)F)c21. The van der Waals surface area contributed by atoms with Crippen LogP contribution in [0.3, 0.4) is 0 Å². The molecule has 27 heavy (non-hydrogen) atoms. The lowest BCUT2D eigenvalue weighted by Gasteiger charge is -2.18. The highest BCUT2D eigenvalue weighted by atomic mass is 35.5. The maximum Gasteiger partial charge on any atom is 0.421 e. The van der Waals surface area contributed by atoms with Gasteiger partial charge in [0.25, 0.3) is 0 Å². The van der Waals surface area contributed by atoms with Crippen molar-refractivity contribution in [1.29, 1.82) is 0 Å². The van der Waals surface area contributed by atoms with Crippen LogP contribution in [-0.2, 0) is 21.4 Å². The number of nitrogens with one attached hydrogen (secondary N) is 1. The summed E-state index contributed by atoms with van der Waals surface area (Å²) in [6, 6.07) is 5.13. The molecular weight excluding hydrogens is 403 g/mol. The number of benzene rings is 1. The first-order chi connectivity index (χ1) is 12.5. The van der Waals surface area contributed by atoms with Gasteiger partial charge in [0.2, 0.25) is 5.28 Å². The number of fused-ring (bicyclic) bond motifs is 2. The van der Waals surface area contributed by atoms with Crippen LogP contribution in [0.5, 0.6) is 0 Å². The van der Waals surface area contributed by atoms with E-state index in [2.05, 4.69) is 15.3 Å². The van der Waals surface area contributed by atoms with Crippen LogP contribution in [0, 0.1) is 0 Å². The number of sulfone groups is 1. The summed E-state index contributed by atoms with van der Waals surface area (Å²) >= 11 is 5.68. The minimum atomic E-state index is -4.68. The molecule has 0 aliphatic heterocycles. The monoisotopic (exact) mass is 417 g/mol.